The van der Waals surface area contributed by atoms with E-state index in [4.69, 9.17) is 9.47 Å². The van der Waals surface area contributed by atoms with Crippen LogP contribution in [0.2, 0.25) is 0 Å². The number of aromatic hydroxyl groups is 1. The summed E-state index contributed by atoms with van der Waals surface area (Å²) >= 11 is 0. The fourth-order valence-electron chi connectivity index (χ4n) is 4.38. The van der Waals surface area contributed by atoms with Crippen LogP contribution >= 0.6 is 0 Å². The molecule has 1 amide bonds. The van der Waals surface area contributed by atoms with Gasteiger partial charge in [0.15, 0.2) is 6.61 Å². The Morgan fingerprint density at radius 3 is 2.79 bits per heavy atom. The van der Waals surface area contributed by atoms with Gasteiger partial charge in [0.05, 0.1) is 25.9 Å². The Balaban J connectivity index is 1.29. The number of phenols is 1. The maximum Gasteiger partial charge on any atom is 0.260 e. The van der Waals surface area contributed by atoms with Gasteiger partial charge >= 0.3 is 0 Å². The minimum atomic E-state index is -0.738. The highest BCUT2D eigenvalue weighted by Crippen LogP contribution is 2.27. The fourth-order valence-corrected chi connectivity index (χ4v) is 4.38. The number of aliphatic hydroxyl groups excluding tert-OH is 2. The van der Waals surface area contributed by atoms with Gasteiger partial charge in [-0.1, -0.05) is 12.1 Å². The Labute approximate surface area is 193 Å². The van der Waals surface area contributed by atoms with Crippen LogP contribution in [-0.2, 0) is 29.0 Å². The van der Waals surface area contributed by atoms with Gasteiger partial charge in [-0.3, -0.25) is 4.79 Å². The van der Waals surface area contributed by atoms with Crippen LogP contribution in [0.3, 0.4) is 0 Å². The van der Waals surface area contributed by atoms with Gasteiger partial charge in [-0.15, -0.1) is 0 Å². The van der Waals surface area contributed by atoms with E-state index in [1.54, 1.807) is 17.0 Å². The van der Waals surface area contributed by atoms with Gasteiger partial charge in [0.2, 0.25) is 0 Å². The highest BCUT2D eigenvalue weighted by Gasteiger charge is 2.21. The first-order valence-corrected chi connectivity index (χ1v) is 11.5. The molecule has 1 aliphatic heterocycles. The number of nitrogens with zero attached hydrogens (tertiary/aromatic N) is 1. The molecule has 1 fully saturated rings. The van der Waals surface area contributed by atoms with Crippen molar-refractivity contribution in [1.29, 1.82) is 0 Å². The number of hydrogen-bond donors (Lipinski definition) is 4. The van der Waals surface area contributed by atoms with Crippen molar-refractivity contribution in [3.63, 3.8) is 0 Å². The van der Waals surface area contributed by atoms with Crippen LogP contribution in [0.5, 0.6) is 11.5 Å². The van der Waals surface area contributed by atoms with Crippen LogP contribution in [0, 0.1) is 0 Å². The smallest absolute Gasteiger partial charge is 0.260 e. The van der Waals surface area contributed by atoms with E-state index in [1.807, 2.05) is 12.1 Å². The van der Waals surface area contributed by atoms with E-state index in [2.05, 4.69) is 11.4 Å². The molecule has 178 valence electrons. The van der Waals surface area contributed by atoms with Gasteiger partial charge in [0, 0.05) is 31.2 Å². The van der Waals surface area contributed by atoms with E-state index in [0.717, 1.165) is 19.3 Å². The number of aryl methyl sites for hydroxylation is 1. The third kappa shape index (κ3) is 6.03. The molecule has 1 aliphatic carbocycles. The van der Waals surface area contributed by atoms with E-state index in [1.165, 1.54) is 17.2 Å². The molecule has 4 rings (SSSR count). The molecule has 8 nitrogen and oxygen atoms in total. The third-order valence-corrected chi connectivity index (χ3v) is 6.39. The molecule has 1 saturated heterocycles. The predicted molar refractivity (Wildman–Crippen MR) is 122 cm³/mol. The number of nitrogens with one attached hydrogen (secondary N) is 1. The molecule has 4 N–H and O–H groups in total. The van der Waals surface area contributed by atoms with Crippen molar-refractivity contribution >= 4 is 5.91 Å². The van der Waals surface area contributed by atoms with Gasteiger partial charge in [-0.25, -0.2) is 0 Å². The van der Waals surface area contributed by atoms with Crippen molar-refractivity contribution in [1.82, 2.24) is 10.2 Å². The van der Waals surface area contributed by atoms with Gasteiger partial charge in [-0.2, -0.15) is 0 Å². The maximum atomic E-state index is 12.3. The number of ether oxygens (including phenoxy) is 2. The lowest BCUT2D eigenvalue weighted by Gasteiger charge is -2.28. The van der Waals surface area contributed by atoms with Crippen molar-refractivity contribution in [3.8, 4) is 11.5 Å². The van der Waals surface area contributed by atoms with Crippen molar-refractivity contribution in [2.75, 3.05) is 39.5 Å². The average Bonchev–Trinajstić information content (AvgIpc) is 2.86. The zero-order valence-electron chi connectivity index (χ0n) is 18.7. The Kier molecular flexibility index (Phi) is 7.82. The predicted octanol–water partition coefficient (Wildman–Crippen LogP) is 1.30. The molecule has 0 spiro atoms. The summed E-state index contributed by atoms with van der Waals surface area (Å²) in [5.74, 6) is 0.690. The number of amides is 1. The van der Waals surface area contributed by atoms with E-state index in [-0.39, 0.29) is 30.9 Å². The Hall–Kier alpha value is -2.65. The van der Waals surface area contributed by atoms with Gasteiger partial charge < -0.3 is 35.0 Å². The average molecular weight is 457 g/mol. The molecule has 1 heterocycles. The standard InChI is InChI=1S/C25H32N2O6/c28-15-20-11-18(3-6-23(20)29)24(30)14-26-21-4-1-17-2-5-22(13-19(17)12-21)33-16-25(31)27-7-9-32-10-8-27/h2-3,5-6,11,13,21,24,26,28-30H,1,4,7-10,12,14-16H2/t21-,24+/m0/s1. The Morgan fingerprint density at radius 2 is 2.00 bits per heavy atom. The maximum absolute atomic E-state index is 12.3. The summed E-state index contributed by atoms with van der Waals surface area (Å²) in [6.07, 6.45) is 1.98. The van der Waals surface area contributed by atoms with E-state index in [9.17, 15) is 20.1 Å². The molecule has 0 radical (unpaired) electrons. The van der Waals surface area contributed by atoms with Crippen LogP contribution in [-0.4, -0.2) is 71.6 Å². The number of benzene rings is 2. The van der Waals surface area contributed by atoms with Gasteiger partial charge in [0.1, 0.15) is 11.5 Å². The van der Waals surface area contributed by atoms with E-state index in [0.29, 0.717) is 49.7 Å². The number of fused-ring (bicyclic) bond motifs is 1. The van der Waals surface area contributed by atoms with Crippen molar-refractivity contribution in [2.45, 2.75) is 38.0 Å². The summed E-state index contributed by atoms with van der Waals surface area (Å²) in [6, 6.07) is 11.0. The molecule has 0 bridgehead atoms. The van der Waals surface area contributed by atoms with E-state index < -0.39 is 6.10 Å². The number of aliphatic hydroxyl groups is 2. The molecule has 8 heteroatoms. The number of carbonyl (C=O) groups excluding carboxylic acids is 1. The van der Waals surface area contributed by atoms with Gasteiger partial charge in [-0.05, 0) is 60.2 Å². The van der Waals surface area contributed by atoms with Crippen LogP contribution in [0.4, 0.5) is 0 Å². The molecule has 33 heavy (non-hydrogen) atoms. The highest BCUT2D eigenvalue weighted by atomic mass is 16.5. The lowest BCUT2D eigenvalue weighted by atomic mass is 9.88. The number of hydrogen-bond acceptors (Lipinski definition) is 7. The first kappa shape index (κ1) is 23.5. The molecule has 0 aromatic heterocycles. The normalized spacial score (nSPS) is 19.1. The molecule has 2 aromatic rings. The summed E-state index contributed by atoms with van der Waals surface area (Å²) in [5.41, 5.74) is 3.53. The second kappa shape index (κ2) is 11.0. The van der Waals surface area contributed by atoms with Crippen LogP contribution in [0.15, 0.2) is 36.4 Å². The Morgan fingerprint density at radius 1 is 1.18 bits per heavy atom. The lowest BCUT2D eigenvalue weighted by Crippen LogP contribution is -2.43. The molecular formula is C25H32N2O6. The quantitative estimate of drug-likeness (QED) is 0.474. The topological polar surface area (TPSA) is 111 Å². The molecule has 2 atom stereocenters. The van der Waals surface area contributed by atoms with Gasteiger partial charge in [0.25, 0.3) is 5.91 Å². The van der Waals surface area contributed by atoms with E-state index >= 15 is 0 Å². The zero-order chi connectivity index (χ0) is 23.2. The fraction of sp³-hybridized carbons (Fsp3) is 0.480. The summed E-state index contributed by atoms with van der Waals surface area (Å²) in [5, 5.41) is 33.0. The Bertz CT molecular complexity index is 960. The second-order valence-electron chi connectivity index (χ2n) is 8.62. The number of morpholine rings is 1. The molecule has 2 aliphatic rings. The molecule has 0 saturated carbocycles. The SMILES string of the molecule is O=C(COc1ccc2c(c1)C[C@@H](NC[C@@H](O)c1ccc(O)c(CO)c1)CC2)N1CCOCC1. The second-order valence-corrected chi connectivity index (χ2v) is 8.62. The minimum absolute atomic E-state index is 0.0229. The van der Waals surface area contributed by atoms with Crippen LogP contribution in [0.1, 0.15) is 34.8 Å². The number of rotatable bonds is 8. The lowest BCUT2D eigenvalue weighted by molar-refractivity contribution is -0.137. The highest BCUT2D eigenvalue weighted by molar-refractivity contribution is 5.77. The van der Waals surface area contributed by atoms with Crippen LogP contribution < -0.4 is 10.1 Å². The largest absolute Gasteiger partial charge is 0.508 e. The van der Waals surface area contributed by atoms with Crippen molar-refractivity contribution in [3.05, 3.63) is 58.7 Å². The van der Waals surface area contributed by atoms with Crippen molar-refractivity contribution < 1.29 is 29.6 Å². The summed E-state index contributed by atoms with van der Waals surface area (Å²) in [4.78, 5) is 14.1. The molecular weight excluding hydrogens is 424 g/mol. The molecule has 2 aromatic carbocycles. The summed E-state index contributed by atoms with van der Waals surface area (Å²) in [6.45, 7) is 2.48. The first-order valence-electron chi connectivity index (χ1n) is 11.5. The minimum Gasteiger partial charge on any atom is -0.508 e. The zero-order valence-corrected chi connectivity index (χ0v) is 18.7. The third-order valence-electron chi connectivity index (χ3n) is 6.39. The first-order chi connectivity index (χ1) is 16.0. The van der Waals surface area contributed by atoms with Crippen molar-refractivity contribution in [2.24, 2.45) is 0 Å². The monoisotopic (exact) mass is 456 g/mol. The number of carbonyl (C=O) groups is 1. The van der Waals surface area contributed by atoms with Crippen LogP contribution in [0.25, 0.3) is 0 Å². The summed E-state index contributed by atoms with van der Waals surface area (Å²) in [7, 11) is 0. The summed E-state index contributed by atoms with van der Waals surface area (Å²) < 4.78 is 11.1. The molecule has 0 unspecified atom stereocenters.